The first kappa shape index (κ1) is 20.9. The number of anilines is 1. The van der Waals surface area contributed by atoms with Crippen LogP contribution >= 0.6 is 0 Å². The molecule has 0 radical (unpaired) electrons. The van der Waals surface area contributed by atoms with E-state index >= 15 is 0 Å². The lowest BCUT2D eigenvalue weighted by atomic mass is 10.1. The van der Waals surface area contributed by atoms with E-state index in [1.165, 1.54) is 37.6 Å². The first-order chi connectivity index (χ1) is 14.8. The third kappa shape index (κ3) is 4.61. The summed E-state index contributed by atoms with van der Waals surface area (Å²) < 4.78 is 10.8. The standard InChI is InChI=1S/C18H13N5O8/c1-30-17-6-3-11(21(24)25)8-14(17)18-7-4-13(31-18)10-19-20-15-5-2-12(22(26)27)9-16(15)23(28)29/h2-10,20H,1H3/b19-10-. The van der Waals surface area contributed by atoms with E-state index in [2.05, 4.69) is 10.5 Å². The maximum Gasteiger partial charge on any atom is 0.301 e. The van der Waals surface area contributed by atoms with Crippen molar-refractivity contribution in [2.75, 3.05) is 12.5 Å². The predicted octanol–water partition coefficient (Wildman–Crippen LogP) is 4.13. The highest BCUT2D eigenvalue weighted by atomic mass is 16.6. The van der Waals surface area contributed by atoms with Gasteiger partial charge in [0.05, 0.1) is 39.7 Å². The van der Waals surface area contributed by atoms with E-state index in [9.17, 15) is 30.3 Å². The lowest BCUT2D eigenvalue weighted by Crippen LogP contribution is -1.98. The fraction of sp³-hybridized carbons (Fsp3) is 0.0556. The molecule has 0 atom stereocenters. The smallest absolute Gasteiger partial charge is 0.301 e. The summed E-state index contributed by atoms with van der Waals surface area (Å²) in [5.41, 5.74) is 1.64. The highest BCUT2D eigenvalue weighted by molar-refractivity contribution is 5.79. The van der Waals surface area contributed by atoms with Crippen LogP contribution in [0.4, 0.5) is 22.7 Å². The SMILES string of the molecule is COc1ccc([N+](=O)[O-])cc1-c1ccc(/C=N\Nc2ccc([N+](=O)[O-])cc2[N+](=O)[O-])o1. The second kappa shape index (κ2) is 8.69. The molecular weight excluding hydrogens is 414 g/mol. The number of furan rings is 1. The molecule has 3 aromatic rings. The van der Waals surface area contributed by atoms with Gasteiger partial charge in [-0.2, -0.15) is 5.10 Å². The summed E-state index contributed by atoms with van der Waals surface area (Å²) in [5.74, 6) is 0.881. The van der Waals surface area contributed by atoms with Gasteiger partial charge < -0.3 is 9.15 Å². The van der Waals surface area contributed by atoms with E-state index in [0.29, 0.717) is 11.3 Å². The van der Waals surface area contributed by atoms with Crippen molar-refractivity contribution in [1.29, 1.82) is 0 Å². The number of benzene rings is 2. The Hall–Kier alpha value is -4.81. The van der Waals surface area contributed by atoms with E-state index in [1.54, 1.807) is 6.07 Å². The molecule has 0 aliphatic carbocycles. The minimum absolute atomic E-state index is 0.0565. The largest absolute Gasteiger partial charge is 0.496 e. The fourth-order valence-electron chi connectivity index (χ4n) is 2.61. The molecule has 0 unspecified atom stereocenters. The van der Waals surface area contributed by atoms with E-state index in [4.69, 9.17) is 9.15 Å². The molecule has 0 aliphatic heterocycles. The van der Waals surface area contributed by atoms with Crippen molar-refractivity contribution in [2.45, 2.75) is 0 Å². The topological polar surface area (TPSA) is 176 Å². The number of nitro benzene ring substituents is 3. The van der Waals surface area contributed by atoms with Crippen molar-refractivity contribution in [3.63, 3.8) is 0 Å². The molecule has 13 heteroatoms. The zero-order chi connectivity index (χ0) is 22.5. The van der Waals surface area contributed by atoms with Gasteiger partial charge in [-0.3, -0.25) is 35.8 Å². The van der Waals surface area contributed by atoms with Gasteiger partial charge >= 0.3 is 5.69 Å². The van der Waals surface area contributed by atoms with Crippen molar-refractivity contribution < 1.29 is 23.9 Å². The van der Waals surface area contributed by atoms with Gasteiger partial charge in [0.2, 0.25) is 0 Å². The minimum Gasteiger partial charge on any atom is -0.496 e. The number of nitrogens with one attached hydrogen (secondary N) is 1. The molecule has 31 heavy (non-hydrogen) atoms. The number of nitrogens with zero attached hydrogens (tertiary/aromatic N) is 4. The van der Waals surface area contributed by atoms with Gasteiger partial charge in [0.1, 0.15) is 23.0 Å². The third-order valence-electron chi connectivity index (χ3n) is 4.05. The summed E-state index contributed by atoms with van der Waals surface area (Å²) in [4.78, 5) is 30.9. The van der Waals surface area contributed by atoms with Gasteiger partial charge in [0.15, 0.2) is 0 Å². The van der Waals surface area contributed by atoms with Crippen LogP contribution in [0, 0.1) is 30.3 Å². The molecule has 0 amide bonds. The van der Waals surface area contributed by atoms with Crippen LogP contribution in [-0.2, 0) is 0 Å². The molecule has 0 saturated carbocycles. The van der Waals surface area contributed by atoms with Crippen LogP contribution in [0.25, 0.3) is 11.3 Å². The quantitative estimate of drug-likeness (QED) is 0.314. The maximum absolute atomic E-state index is 11.1. The monoisotopic (exact) mass is 427 g/mol. The lowest BCUT2D eigenvalue weighted by Gasteiger charge is -2.05. The number of nitro groups is 3. The zero-order valence-corrected chi connectivity index (χ0v) is 15.8. The molecule has 0 bridgehead atoms. The molecule has 0 spiro atoms. The first-order valence-corrected chi connectivity index (χ1v) is 8.44. The van der Waals surface area contributed by atoms with Crippen LogP contribution in [0.3, 0.4) is 0 Å². The highest BCUT2D eigenvalue weighted by Crippen LogP contribution is 2.34. The summed E-state index contributed by atoms with van der Waals surface area (Å²) in [5, 5.41) is 36.8. The summed E-state index contributed by atoms with van der Waals surface area (Å²) in [6.07, 6.45) is 1.22. The van der Waals surface area contributed by atoms with Gasteiger partial charge in [0.25, 0.3) is 11.4 Å². The Morgan fingerprint density at radius 1 is 0.935 bits per heavy atom. The number of hydrogen-bond donors (Lipinski definition) is 1. The van der Waals surface area contributed by atoms with Crippen LogP contribution in [0.5, 0.6) is 5.75 Å². The van der Waals surface area contributed by atoms with Crippen molar-refractivity contribution in [3.8, 4) is 17.1 Å². The number of non-ortho nitro benzene ring substituents is 2. The number of hydrogen-bond acceptors (Lipinski definition) is 10. The van der Waals surface area contributed by atoms with Crippen LogP contribution in [-0.4, -0.2) is 28.1 Å². The summed E-state index contributed by atoms with van der Waals surface area (Å²) in [6, 6.07) is 10.2. The summed E-state index contributed by atoms with van der Waals surface area (Å²) in [6.45, 7) is 0. The number of ether oxygens (including phenoxy) is 1. The Morgan fingerprint density at radius 3 is 2.26 bits per heavy atom. The third-order valence-corrected chi connectivity index (χ3v) is 4.05. The van der Waals surface area contributed by atoms with Crippen LogP contribution < -0.4 is 10.2 Å². The second-order valence-corrected chi connectivity index (χ2v) is 5.93. The molecule has 1 aromatic heterocycles. The molecular formula is C18H13N5O8. The van der Waals surface area contributed by atoms with Gasteiger partial charge in [-0.15, -0.1) is 0 Å². The molecule has 2 aromatic carbocycles. The summed E-state index contributed by atoms with van der Waals surface area (Å²) in [7, 11) is 1.41. The molecule has 1 heterocycles. The number of methoxy groups -OCH3 is 1. The van der Waals surface area contributed by atoms with Crippen molar-refractivity contribution in [1.82, 2.24) is 0 Å². The van der Waals surface area contributed by atoms with Crippen LogP contribution in [0.15, 0.2) is 58.0 Å². The van der Waals surface area contributed by atoms with Crippen molar-refractivity contribution in [2.24, 2.45) is 5.10 Å². The average Bonchev–Trinajstić information content (AvgIpc) is 3.21. The maximum atomic E-state index is 11.1. The van der Waals surface area contributed by atoms with Crippen LogP contribution in [0.2, 0.25) is 0 Å². The summed E-state index contributed by atoms with van der Waals surface area (Å²) >= 11 is 0. The number of rotatable bonds is 8. The Morgan fingerprint density at radius 2 is 1.61 bits per heavy atom. The molecule has 3 rings (SSSR count). The normalized spacial score (nSPS) is 10.7. The molecule has 13 nitrogen and oxygen atoms in total. The Labute approximate surface area is 173 Å². The van der Waals surface area contributed by atoms with Gasteiger partial charge in [-0.25, -0.2) is 0 Å². The molecule has 0 fully saturated rings. The number of hydrazone groups is 1. The fourth-order valence-corrected chi connectivity index (χ4v) is 2.61. The van der Waals surface area contributed by atoms with E-state index < -0.39 is 26.1 Å². The highest BCUT2D eigenvalue weighted by Gasteiger charge is 2.19. The van der Waals surface area contributed by atoms with Crippen molar-refractivity contribution in [3.05, 3.63) is 84.6 Å². The first-order valence-electron chi connectivity index (χ1n) is 8.44. The lowest BCUT2D eigenvalue weighted by molar-refractivity contribution is -0.393. The van der Waals surface area contributed by atoms with Gasteiger partial charge in [0, 0.05) is 18.2 Å². The molecule has 1 N–H and O–H groups in total. The van der Waals surface area contributed by atoms with E-state index in [0.717, 1.165) is 18.2 Å². The molecule has 0 aliphatic rings. The van der Waals surface area contributed by atoms with Gasteiger partial charge in [-0.1, -0.05) is 0 Å². The Balaban J connectivity index is 1.83. The van der Waals surface area contributed by atoms with E-state index in [-0.39, 0.29) is 22.9 Å². The molecule has 0 saturated heterocycles. The van der Waals surface area contributed by atoms with E-state index in [1.807, 2.05) is 0 Å². The van der Waals surface area contributed by atoms with Crippen molar-refractivity contribution >= 4 is 29.0 Å². The minimum atomic E-state index is -0.773. The van der Waals surface area contributed by atoms with Crippen LogP contribution in [0.1, 0.15) is 5.76 Å². The zero-order valence-electron chi connectivity index (χ0n) is 15.8. The predicted molar refractivity (Wildman–Crippen MR) is 108 cm³/mol. The molecule has 158 valence electrons. The Kier molecular flexibility index (Phi) is 5.86. The average molecular weight is 427 g/mol. The second-order valence-electron chi connectivity index (χ2n) is 5.93. The van der Waals surface area contributed by atoms with Gasteiger partial charge in [-0.05, 0) is 24.3 Å². The Bertz CT molecular complexity index is 1200.